The molecule has 1 amide bonds. The van der Waals surface area contributed by atoms with E-state index in [4.69, 9.17) is 4.74 Å². The number of ether oxygens (including phenoxy) is 1. The lowest BCUT2D eigenvalue weighted by atomic mass is 9.95. The Hall–Kier alpha value is -2.23. The van der Waals surface area contributed by atoms with E-state index in [0.29, 0.717) is 21.7 Å². The molecule has 0 aliphatic heterocycles. The monoisotopic (exact) mass is 450 g/mol. The summed E-state index contributed by atoms with van der Waals surface area (Å²) in [7, 11) is 0.525. The van der Waals surface area contributed by atoms with E-state index in [-0.39, 0.29) is 10.5 Å². The van der Waals surface area contributed by atoms with Crippen LogP contribution in [0.4, 0.5) is 5.00 Å². The van der Waals surface area contributed by atoms with Gasteiger partial charge in [0, 0.05) is 24.5 Å². The number of rotatable bonds is 5. The predicted molar refractivity (Wildman–Crippen MR) is 117 cm³/mol. The quantitative estimate of drug-likeness (QED) is 0.704. The smallest absolute Gasteiger partial charge is 0.341 e. The van der Waals surface area contributed by atoms with Gasteiger partial charge >= 0.3 is 5.97 Å². The largest absolute Gasteiger partial charge is 0.465 e. The van der Waals surface area contributed by atoms with Crippen LogP contribution in [0.2, 0.25) is 0 Å². The lowest BCUT2D eigenvalue weighted by Crippen LogP contribution is -2.24. The van der Waals surface area contributed by atoms with Crippen molar-refractivity contribution in [2.24, 2.45) is 0 Å². The van der Waals surface area contributed by atoms with Crippen molar-refractivity contribution in [3.63, 3.8) is 0 Å². The number of thiophene rings is 1. The molecule has 7 nitrogen and oxygen atoms in total. The number of methoxy groups -OCH3 is 1. The molecule has 9 heteroatoms. The average molecular weight is 451 g/mol. The summed E-state index contributed by atoms with van der Waals surface area (Å²) in [6, 6.07) is 3.04. The van der Waals surface area contributed by atoms with Gasteiger partial charge in [0.05, 0.1) is 17.6 Å². The second-order valence-electron chi connectivity index (χ2n) is 7.56. The third-order valence-electron chi connectivity index (χ3n) is 5.43. The van der Waals surface area contributed by atoms with Gasteiger partial charge < -0.3 is 10.1 Å². The first-order valence-corrected chi connectivity index (χ1v) is 11.9. The third-order valence-corrected chi connectivity index (χ3v) is 8.58. The Bertz CT molecular complexity index is 1120. The first-order valence-electron chi connectivity index (χ1n) is 9.66. The van der Waals surface area contributed by atoms with Crippen LogP contribution < -0.4 is 5.32 Å². The molecule has 1 aliphatic carbocycles. The highest BCUT2D eigenvalue weighted by Gasteiger charge is 2.28. The molecular weight excluding hydrogens is 424 g/mol. The Morgan fingerprint density at radius 2 is 1.80 bits per heavy atom. The molecule has 0 fully saturated rings. The van der Waals surface area contributed by atoms with Crippen LogP contribution in [0.25, 0.3) is 0 Å². The van der Waals surface area contributed by atoms with Gasteiger partial charge in [0.25, 0.3) is 5.91 Å². The number of nitrogens with one attached hydrogen (secondary N) is 1. The number of benzene rings is 1. The number of hydrogen-bond donors (Lipinski definition) is 1. The molecule has 162 valence electrons. The van der Waals surface area contributed by atoms with Crippen molar-refractivity contribution >= 4 is 38.2 Å². The molecule has 0 spiro atoms. The average Bonchev–Trinajstić information content (AvgIpc) is 3.06. The number of fused-ring (bicyclic) bond motifs is 1. The number of carbonyl (C=O) groups is 2. The van der Waals surface area contributed by atoms with E-state index >= 15 is 0 Å². The number of carbonyl (C=O) groups excluding carboxylic acids is 2. The Balaban J connectivity index is 2.03. The van der Waals surface area contributed by atoms with Crippen molar-refractivity contribution in [3.8, 4) is 0 Å². The number of aryl methyl sites for hydroxylation is 2. The fourth-order valence-electron chi connectivity index (χ4n) is 3.57. The fourth-order valence-corrected chi connectivity index (χ4v) is 6.06. The molecule has 0 saturated carbocycles. The van der Waals surface area contributed by atoms with Gasteiger partial charge in [-0.2, -0.15) is 0 Å². The van der Waals surface area contributed by atoms with Crippen molar-refractivity contribution in [1.82, 2.24) is 4.31 Å². The summed E-state index contributed by atoms with van der Waals surface area (Å²) in [5, 5.41) is 3.28. The second-order valence-corrected chi connectivity index (χ2v) is 10.8. The van der Waals surface area contributed by atoms with Crippen LogP contribution in [0.3, 0.4) is 0 Å². The van der Waals surface area contributed by atoms with Crippen molar-refractivity contribution < 1.29 is 22.7 Å². The van der Waals surface area contributed by atoms with Gasteiger partial charge in [-0.1, -0.05) is 0 Å². The Morgan fingerprint density at radius 1 is 1.13 bits per heavy atom. The van der Waals surface area contributed by atoms with Gasteiger partial charge in [-0.25, -0.2) is 17.5 Å². The molecule has 30 heavy (non-hydrogen) atoms. The summed E-state index contributed by atoms with van der Waals surface area (Å²) in [4.78, 5) is 26.6. The van der Waals surface area contributed by atoms with E-state index in [1.54, 1.807) is 19.9 Å². The Morgan fingerprint density at radius 3 is 2.43 bits per heavy atom. The van der Waals surface area contributed by atoms with Crippen molar-refractivity contribution in [2.45, 2.75) is 44.4 Å². The molecule has 1 aromatic carbocycles. The highest BCUT2D eigenvalue weighted by molar-refractivity contribution is 7.89. The number of nitrogens with zero attached hydrogens (tertiary/aromatic N) is 1. The summed E-state index contributed by atoms with van der Waals surface area (Å²) >= 11 is 1.39. The Labute approximate surface area is 181 Å². The standard InChI is InChI=1S/C21H26N2O5S2/c1-12-10-14(11-17(13(12)2)30(26,27)23(3)4)19(24)22-20-18(21(25)28-5)15-8-6-7-9-16(15)29-20/h10-11H,6-9H2,1-5H3,(H,22,24). The maximum atomic E-state index is 13.0. The van der Waals surface area contributed by atoms with E-state index in [1.165, 1.54) is 38.6 Å². The zero-order chi connectivity index (χ0) is 22.2. The molecule has 3 rings (SSSR count). The van der Waals surface area contributed by atoms with Crippen LogP contribution >= 0.6 is 11.3 Å². The van der Waals surface area contributed by atoms with Crippen LogP contribution in [0.5, 0.6) is 0 Å². The van der Waals surface area contributed by atoms with E-state index in [2.05, 4.69) is 5.32 Å². The van der Waals surface area contributed by atoms with Crippen molar-refractivity contribution in [1.29, 1.82) is 0 Å². The van der Waals surface area contributed by atoms with Crippen LogP contribution in [0, 0.1) is 13.8 Å². The molecule has 2 aromatic rings. The minimum atomic E-state index is -3.70. The number of anilines is 1. The highest BCUT2D eigenvalue weighted by atomic mass is 32.2. The second kappa shape index (κ2) is 8.49. The molecule has 0 saturated heterocycles. The van der Waals surface area contributed by atoms with Crippen LogP contribution in [0.15, 0.2) is 17.0 Å². The molecule has 1 heterocycles. The van der Waals surface area contributed by atoms with Crippen LogP contribution in [-0.2, 0) is 27.6 Å². The van der Waals surface area contributed by atoms with E-state index in [9.17, 15) is 18.0 Å². The summed E-state index contributed by atoms with van der Waals surface area (Å²) in [6.45, 7) is 3.49. The van der Waals surface area contributed by atoms with Crippen LogP contribution in [-0.4, -0.2) is 45.8 Å². The molecule has 1 aromatic heterocycles. The van der Waals surface area contributed by atoms with Gasteiger partial charge in [0.2, 0.25) is 10.0 Å². The Kier molecular flexibility index (Phi) is 6.35. The first kappa shape index (κ1) is 22.5. The number of amides is 1. The lowest BCUT2D eigenvalue weighted by Gasteiger charge is -2.16. The maximum Gasteiger partial charge on any atom is 0.341 e. The zero-order valence-corrected chi connectivity index (χ0v) is 19.4. The van der Waals surface area contributed by atoms with Gasteiger partial charge in [-0.15, -0.1) is 11.3 Å². The van der Waals surface area contributed by atoms with Gasteiger partial charge in [0.1, 0.15) is 5.00 Å². The fraction of sp³-hybridized carbons (Fsp3) is 0.429. The predicted octanol–water partition coefficient (Wildman–Crippen LogP) is 3.53. The van der Waals surface area contributed by atoms with E-state index < -0.39 is 21.9 Å². The minimum Gasteiger partial charge on any atom is -0.465 e. The van der Waals surface area contributed by atoms with Gasteiger partial charge in [-0.05, 0) is 68.4 Å². The van der Waals surface area contributed by atoms with Crippen LogP contribution in [0.1, 0.15) is 55.1 Å². The minimum absolute atomic E-state index is 0.0938. The van der Waals surface area contributed by atoms with E-state index in [1.807, 2.05) is 0 Å². The van der Waals surface area contributed by atoms with Gasteiger partial charge in [-0.3, -0.25) is 4.79 Å². The normalized spacial score (nSPS) is 13.8. The molecular formula is C21H26N2O5S2. The SMILES string of the molecule is COC(=O)c1c(NC(=O)c2cc(C)c(C)c(S(=O)(=O)N(C)C)c2)sc2c1CCCC2. The summed E-state index contributed by atoms with van der Waals surface area (Å²) in [6.07, 6.45) is 3.68. The first-order chi connectivity index (χ1) is 14.1. The third kappa shape index (κ3) is 4.01. The number of esters is 1. The molecule has 1 aliphatic rings. The summed E-state index contributed by atoms with van der Waals surface area (Å²) in [5.41, 5.74) is 2.88. The summed E-state index contributed by atoms with van der Waals surface area (Å²) in [5.74, 6) is -0.933. The van der Waals surface area contributed by atoms with E-state index in [0.717, 1.165) is 40.4 Å². The zero-order valence-electron chi connectivity index (χ0n) is 17.8. The highest BCUT2D eigenvalue weighted by Crippen LogP contribution is 2.39. The van der Waals surface area contributed by atoms with Gasteiger partial charge in [0.15, 0.2) is 0 Å². The molecule has 0 atom stereocenters. The topological polar surface area (TPSA) is 92.8 Å². The number of hydrogen-bond acceptors (Lipinski definition) is 6. The molecule has 1 N–H and O–H groups in total. The maximum absolute atomic E-state index is 13.0. The number of sulfonamides is 1. The summed E-state index contributed by atoms with van der Waals surface area (Å²) < 4.78 is 31.4. The molecule has 0 radical (unpaired) electrons. The molecule has 0 bridgehead atoms. The van der Waals surface area contributed by atoms with Crippen molar-refractivity contribution in [2.75, 3.05) is 26.5 Å². The lowest BCUT2D eigenvalue weighted by molar-refractivity contribution is 0.0601. The van der Waals surface area contributed by atoms with Crippen molar-refractivity contribution in [3.05, 3.63) is 44.8 Å². The molecule has 0 unspecified atom stereocenters.